The lowest BCUT2D eigenvalue weighted by molar-refractivity contribution is -0.120. The van der Waals surface area contributed by atoms with Crippen molar-refractivity contribution in [3.8, 4) is 0 Å². The van der Waals surface area contributed by atoms with Crippen LogP contribution in [0.4, 0.5) is 0 Å². The Morgan fingerprint density at radius 3 is 3.22 bits per heavy atom. The number of H-pyrrole nitrogens is 1. The summed E-state index contributed by atoms with van der Waals surface area (Å²) in [6, 6.07) is 8.21. The molecule has 0 aliphatic carbocycles. The maximum Gasteiger partial charge on any atom is 0.210 e. The van der Waals surface area contributed by atoms with E-state index in [1.54, 1.807) is 0 Å². The molecule has 2 heterocycles. The molecule has 1 fully saturated rings. The van der Waals surface area contributed by atoms with Crippen molar-refractivity contribution in [1.29, 1.82) is 0 Å². The number of rotatable bonds is 2. The summed E-state index contributed by atoms with van der Waals surface area (Å²) in [4.78, 5) is 16.3. The van der Waals surface area contributed by atoms with E-state index in [-0.39, 0.29) is 6.04 Å². The first-order valence-electron chi connectivity index (χ1n) is 6.25. The van der Waals surface area contributed by atoms with Crippen LogP contribution in [0.5, 0.6) is 0 Å². The first-order chi connectivity index (χ1) is 8.90. The molecule has 1 saturated heterocycles. The summed E-state index contributed by atoms with van der Waals surface area (Å²) in [5.74, 6) is 0. The van der Waals surface area contributed by atoms with E-state index in [0.29, 0.717) is 6.61 Å². The van der Waals surface area contributed by atoms with Crippen LogP contribution in [0.2, 0.25) is 0 Å². The van der Waals surface area contributed by atoms with Crippen molar-refractivity contribution < 1.29 is 9.53 Å². The molecule has 3 rings (SSSR count). The third-order valence-corrected chi connectivity index (χ3v) is 3.50. The molecule has 0 bridgehead atoms. The second-order valence-electron chi connectivity index (χ2n) is 4.57. The normalized spacial score (nSPS) is 20.9. The Balaban J connectivity index is 2.05. The van der Waals surface area contributed by atoms with Gasteiger partial charge in [0.25, 0.3) is 0 Å². The van der Waals surface area contributed by atoms with Crippen LogP contribution in [0, 0.1) is 0 Å². The number of aromatic amines is 1. The fourth-order valence-electron chi connectivity index (χ4n) is 2.59. The number of hydrogen-bond donors (Lipinski definition) is 1. The second-order valence-corrected chi connectivity index (χ2v) is 4.57. The van der Waals surface area contributed by atoms with Gasteiger partial charge in [0.05, 0.1) is 12.6 Å². The molecule has 1 atom stereocenters. The van der Waals surface area contributed by atoms with Crippen molar-refractivity contribution in [2.75, 3.05) is 19.8 Å². The standard InChI is InChI=1S/C14H16N2O2/c17-10-16-7-2-8-18-9-14(16)12-3-1-4-13-11(12)5-6-15-13/h1,3-6,10,14-15H,2,7-9H2. The van der Waals surface area contributed by atoms with Gasteiger partial charge in [-0.1, -0.05) is 12.1 Å². The van der Waals surface area contributed by atoms with Gasteiger partial charge in [-0.05, 0) is 24.1 Å². The van der Waals surface area contributed by atoms with E-state index in [2.05, 4.69) is 17.1 Å². The average Bonchev–Trinajstić information content (AvgIpc) is 2.76. The van der Waals surface area contributed by atoms with Crippen LogP contribution in [-0.2, 0) is 9.53 Å². The van der Waals surface area contributed by atoms with Crippen molar-refractivity contribution in [1.82, 2.24) is 9.88 Å². The fourth-order valence-corrected chi connectivity index (χ4v) is 2.59. The number of nitrogens with zero attached hydrogens (tertiary/aromatic N) is 1. The third kappa shape index (κ3) is 1.88. The molecule has 1 aliphatic heterocycles. The van der Waals surface area contributed by atoms with Crippen molar-refractivity contribution in [3.05, 3.63) is 36.0 Å². The molecule has 1 aromatic heterocycles. The number of benzene rings is 1. The number of carbonyl (C=O) groups is 1. The molecule has 1 aliphatic rings. The largest absolute Gasteiger partial charge is 0.379 e. The van der Waals surface area contributed by atoms with Gasteiger partial charge in [0.15, 0.2) is 0 Å². The zero-order valence-electron chi connectivity index (χ0n) is 10.1. The van der Waals surface area contributed by atoms with Crippen LogP contribution < -0.4 is 0 Å². The Hall–Kier alpha value is -1.81. The van der Waals surface area contributed by atoms with Crippen molar-refractivity contribution in [3.63, 3.8) is 0 Å². The monoisotopic (exact) mass is 244 g/mol. The number of aromatic nitrogens is 1. The molecule has 4 heteroatoms. The molecular weight excluding hydrogens is 228 g/mol. The first-order valence-corrected chi connectivity index (χ1v) is 6.25. The summed E-state index contributed by atoms with van der Waals surface area (Å²) >= 11 is 0. The van der Waals surface area contributed by atoms with Crippen LogP contribution in [0.3, 0.4) is 0 Å². The Morgan fingerprint density at radius 2 is 2.33 bits per heavy atom. The summed E-state index contributed by atoms with van der Waals surface area (Å²) in [6.07, 6.45) is 3.76. The molecule has 1 aromatic carbocycles. The van der Waals surface area contributed by atoms with Crippen molar-refractivity contribution in [2.24, 2.45) is 0 Å². The number of hydrogen-bond acceptors (Lipinski definition) is 2. The molecule has 1 N–H and O–H groups in total. The zero-order chi connectivity index (χ0) is 12.4. The minimum atomic E-state index is 0.0181. The Bertz CT molecular complexity index is 549. The molecule has 1 amide bonds. The minimum absolute atomic E-state index is 0.0181. The van der Waals surface area contributed by atoms with Gasteiger partial charge < -0.3 is 14.6 Å². The number of fused-ring (bicyclic) bond motifs is 1. The highest BCUT2D eigenvalue weighted by Crippen LogP contribution is 2.28. The van der Waals surface area contributed by atoms with E-state index in [4.69, 9.17) is 4.74 Å². The second kappa shape index (κ2) is 4.82. The van der Waals surface area contributed by atoms with Gasteiger partial charge >= 0.3 is 0 Å². The van der Waals surface area contributed by atoms with Gasteiger partial charge in [-0.15, -0.1) is 0 Å². The SMILES string of the molecule is O=CN1CCCOCC1c1cccc2[nH]ccc12. The molecule has 2 aromatic rings. The van der Waals surface area contributed by atoms with Crippen LogP contribution in [0.1, 0.15) is 18.0 Å². The highest BCUT2D eigenvalue weighted by molar-refractivity contribution is 5.83. The molecule has 94 valence electrons. The predicted molar refractivity (Wildman–Crippen MR) is 69.2 cm³/mol. The topological polar surface area (TPSA) is 45.3 Å². The first kappa shape index (κ1) is 11.3. The highest BCUT2D eigenvalue weighted by Gasteiger charge is 2.23. The van der Waals surface area contributed by atoms with E-state index < -0.39 is 0 Å². The van der Waals surface area contributed by atoms with Gasteiger partial charge in [0.2, 0.25) is 6.41 Å². The van der Waals surface area contributed by atoms with E-state index in [0.717, 1.165) is 37.1 Å². The summed E-state index contributed by atoms with van der Waals surface area (Å²) in [5.41, 5.74) is 2.25. The van der Waals surface area contributed by atoms with Crippen LogP contribution in [0.15, 0.2) is 30.5 Å². The number of amides is 1. The number of ether oxygens (including phenoxy) is 1. The molecule has 18 heavy (non-hydrogen) atoms. The molecule has 0 saturated carbocycles. The Kier molecular flexibility index (Phi) is 3.02. The zero-order valence-corrected chi connectivity index (χ0v) is 10.1. The van der Waals surface area contributed by atoms with Gasteiger partial charge in [0, 0.05) is 30.3 Å². The van der Waals surface area contributed by atoms with E-state index in [1.165, 1.54) is 5.39 Å². The smallest absolute Gasteiger partial charge is 0.210 e. The molecule has 4 nitrogen and oxygen atoms in total. The Morgan fingerprint density at radius 1 is 1.39 bits per heavy atom. The number of nitrogens with one attached hydrogen (secondary N) is 1. The summed E-state index contributed by atoms with van der Waals surface area (Å²) in [7, 11) is 0. The maximum atomic E-state index is 11.2. The molecule has 0 radical (unpaired) electrons. The van der Waals surface area contributed by atoms with Gasteiger partial charge in [-0.2, -0.15) is 0 Å². The lowest BCUT2D eigenvalue weighted by atomic mass is 10.0. The average molecular weight is 244 g/mol. The van der Waals surface area contributed by atoms with Crippen molar-refractivity contribution in [2.45, 2.75) is 12.5 Å². The quantitative estimate of drug-likeness (QED) is 0.822. The third-order valence-electron chi connectivity index (χ3n) is 3.50. The van der Waals surface area contributed by atoms with E-state index in [9.17, 15) is 4.79 Å². The van der Waals surface area contributed by atoms with E-state index in [1.807, 2.05) is 23.2 Å². The molecular formula is C14H16N2O2. The molecule has 0 spiro atoms. The van der Waals surface area contributed by atoms with Crippen molar-refractivity contribution >= 4 is 17.3 Å². The lowest BCUT2D eigenvalue weighted by Crippen LogP contribution is -2.29. The van der Waals surface area contributed by atoms with Gasteiger partial charge in [0.1, 0.15) is 0 Å². The number of carbonyl (C=O) groups excluding carboxylic acids is 1. The highest BCUT2D eigenvalue weighted by atomic mass is 16.5. The van der Waals surface area contributed by atoms with E-state index >= 15 is 0 Å². The van der Waals surface area contributed by atoms with Gasteiger partial charge in [-0.3, -0.25) is 4.79 Å². The lowest BCUT2D eigenvalue weighted by Gasteiger charge is -2.26. The van der Waals surface area contributed by atoms with Gasteiger partial charge in [-0.25, -0.2) is 0 Å². The summed E-state index contributed by atoms with van der Waals surface area (Å²) in [5, 5.41) is 1.17. The molecule has 1 unspecified atom stereocenters. The minimum Gasteiger partial charge on any atom is -0.379 e. The maximum absolute atomic E-state index is 11.2. The van der Waals surface area contributed by atoms with Crippen LogP contribution in [-0.4, -0.2) is 36.1 Å². The predicted octanol–water partition coefficient (Wildman–Crippen LogP) is 2.09. The summed E-state index contributed by atoms with van der Waals surface area (Å²) in [6.45, 7) is 2.06. The fraction of sp³-hybridized carbons (Fsp3) is 0.357. The van der Waals surface area contributed by atoms with Crippen LogP contribution >= 0.6 is 0 Å². The van der Waals surface area contributed by atoms with Crippen LogP contribution in [0.25, 0.3) is 10.9 Å². The summed E-state index contributed by atoms with van der Waals surface area (Å²) < 4.78 is 5.61. The Labute approximate surface area is 106 Å².